The predicted molar refractivity (Wildman–Crippen MR) is 90.5 cm³/mol. The van der Waals surface area contributed by atoms with Crippen LogP contribution in [0.4, 0.5) is 5.69 Å². The van der Waals surface area contributed by atoms with E-state index in [-0.39, 0.29) is 17.9 Å². The number of fused-ring (bicyclic) bond motifs is 1. The molecular weight excluding hydrogens is 272 g/mol. The molecule has 1 heterocycles. The van der Waals surface area contributed by atoms with E-state index in [1.165, 1.54) is 5.56 Å². The molecule has 1 unspecified atom stereocenters. The van der Waals surface area contributed by atoms with Gasteiger partial charge in [-0.15, -0.1) is 0 Å². The third-order valence-corrected chi connectivity index (χ3v) is 3.93. The Labute approximate surface area is 131 Å². The van der Waals surface area contributed by atoms with Crippen LogP contribution in [0.1, 0.15) is 30.5 Å². The first kappa shape index (κ1) is 14.5. The van der Waals surface area contributed by atoms with E-state index in [1.54, 1.807) is 0 Å². The van der Waals surface area contributed by atoms with Gasteiger partial charge in [0.05, 0.1) is 11.4 Å². The maximum atomic E-state index is 12.4. The summed E-state index contributed by atoms with van der Waals surface area (Å²) >= 11 is 0. The number of hydrogen-bond acceptors (Lipinski definition) is 2. The quantitative estimate of drug-likeness (QED) is 0.898. The Morgan fingerprint density at radius 2 is 1.73 bits per heavy atom. The van der Waals surface area contributed by atoms with Crippen LogP contribution in [0.25, 0.3) is 0 Å². The highest BCUT2D eigenvalue weighted by Gasteiger charge is 2.27. The molecule has 1 atom stereocenters. The van der Waals surface area contributed by atoms with Gasteiger partial charge in [-0.3, -0.25) is 9.79 Å². The van der Waals surface area contributed by atoms with Gasteiger partial charge in [-0.25, -0.2) is 0 Å². The lowest BCUT2D eigenvalue weighted by Gasteiger charge is -2.14. The second kappa shape index (κ2) is 5.76. The number of para-hydroxylation sites is 1. The fourth-order valence-electron chi connectivity index (χ4n) is 2.67. The Bertz CT molecular complexity index is 729. The van der Waals surface area contributed by atoms with Gasteiger partial charge >= 0.3 is 0 Å². The maximum Gasteiger partial charge on any atom is 0.249 e. The molecule has 0 aromatic heterocycles. The van der Waals surface area contributed by atoms with Crippen LogP contribution in [-0.4, -0.2) is 17.7 Å². The largest absolute Gasteiger partial charge is 0.324 e. The van der Waals surface area contributed by atoms with E-state index in [9.17, 15) is 4.79 Å². The first-order chi connectivity index (χ1) is 10.6. The van der Waals surface area contributed by atoms with Crippen molar-refractivity contribution in [2.45, 2.75) is 26.8 Å². The van der Waals surface area contributed by atoms with E-state index < -0.39 is 0 Å². The summed E-state index contributed by atoms with van der Waals surface area (Å²) in [6.45, 7) is 6.11. The van der Waals surface area contributed by atoms with Crippen molar-refractivity contribution in [3.8, 4) is 0 Å². The average Bonchev–Trinajstić information content (AvgIpc) is 2.64. The fourth-order valence-corrected chi connectivity index (χ4v) is 2.67. The van der Waals surface area contributed by atoms with Gasteiger partial charge < -0.3 is 5.32 Å². The molecule has 0 spiro atoms. The second-order valence-corrected chi connectivity index (χ2v) is 6.07. The summed E-state index contributed by atoms with van der Waals surface area (Å²) in [4.78, 5) is 17.2. The number of nitrogens with one attached hydrogen (secondary N) is 1. The topological polar surface area (TPSA) is 41.5 Å². The zero-order valence-electron chi connectivity index (χ0n) is 13.1. The number of carbonyl (C=O) groups excluding carboxylic acids is 1. The van der Waals surface area contributed by atoms with Crippen molar-refractivity contribution in [3.05, 3.63) is 65.2 Å². The summed E-state index contributed by atoms with van der Waals surface area (Å²) in [5, 5.41) is 3.01. The minimum absolute atomic E-state index is 0.0374. The van der Waals surface area contributed by atoms with Crippen LogP contribution in [0.5, 0.6) is 0 Å². The first-order valence-electron chi connectivity index (χ1n) is 7.61. The summed E-state index contributed by atoms with van der Waals surface area (Å²) in [7, 11) is 0. The highest BCUT2D eigenvalue weighted by atomic mass is 16.2. The van der Waals surface area contributed by atoms with Gasteiger partial charge in [0.15, 0.2) is 0 Å². The fraction of sp³-hybridized carbons (Fsp3) is 0.263. The zero-order chi connectivity index (χ0) is 15.7. The Morgan fingerprint density at radius 3 is 2.41 bits per heavy atom. The summed E-state index contributed by atoms with van der Waals surface area (Å²) in [6.07, 6.45) is 0. The molecule has 3 heteroatoms. The van der Waals surface area contributed by atoms with Crippen LogP contribution in [0, 0.1) is 12.8 Å². The SMILES string of the molecule is Cc1ccc(C2=NC(C(C)C)C(=O)Nc3ccccc32)cc1. The molecule has 112 valence electrons. The molecule has 2 aromatic rings. The highest BCUT2D eigenvalue weighted by Crippen LogP contribution is 2.26. The van der Waals surface area contributed by atoms with Crippen molar-refractivity contribution in [1.82, 2.24) is 0 Å². The molecule has 1 amide bonds. The lowest BCUT2D eigenvalue weighted by Crippen LogP contribution is -2.30. The molecule has 1 aliphatic heterocycles. The van der Waals surface area contributed by atoms with Gasteiger partial charge in [0.2, 0.25) is 5.91 Å². The predicted octanol–water partition coefficient (Wildman–Crippen LogP) is 3.81. The highest BCUT2D eigenvalue weighted by molar-refractivity contribution is 6.19. The smallest absolute Gasteiger partial charge is 0.249 e. The van der Waals surface area contributed by atoms with E-state index in [2.05, 4.69) is 36.5 Å². The third-order valence-electron chi connectivity index (χ3n) is 3.93. The third kappa shape index (κ3) is 2.67. The molecule has 3 nitrogen and oxygen atoms in total. The number of benzene rings is 2. The number of anilines is 1. The van der Waals surface area contributed by atoms with Crippen molar-refractivity contribution < 1.29 is 4.79 Å². The number of benzodiazepines with no additional fused rings is 1. The number of rotatable bonds is 2. The molecule has 0 bridgehead atoms. The molecule has 2 aromatic carbocycles. The van der Waals surface area contributed by atoms with Crippen molar-refractivity contribution >= 4 is 17.3 Å². The monoisotopic (exact) mass is 292 g/mol. The maximum absolute atomic E-state index is 12.4. The molecule has 22 heavy (non-hydrogen) atoms. The summed E-state index contributed by atoms with van der Waals surface area (Å²) in [6, 6.07) is 15.8. The Kier molecular flexibility index (Phi) is 3.80. The van der Waals surface area contributed by atoms with Crippen LogP contribution in [0.15, 0.2) is 53.5 Å². The van der Waals surface area contributed by atoms with Crippen LogP contribution >= 0.6 is 0 Å². The molecule has 3 rings (SSSR count). The standard InChI is InChI=1S/C19H20N2O/c1-12(2)17-19(22)20-16-7-5-4-6-15(16)18(21-17)14-10-8-13(3)9-11-14/h4-12,17H,1-3H3,(H,20,22). The number of aryl methyl sites for hydroxylation is 1. The average molecular weight is 292 g/mol. The van der Waals surface area contributed by atoms with Crippen molar-refractivity contribution in [3.63, 3.8) is 0 Å². The lowest BCUT2D eigenvalue weighted by molar-refractivity contribution is -0.118. The number of nitrogens with zero attached hydrogens (tertiary/aromatic N) is 1. The zero-order valence-corrected chi connectivity index (χ0v) is 13.1. The molecule has 0 radical (unpaired) electrons. The van der Waals surface area contributed by atoms with E-state index in [4.69, 9.17) is 4.99 Å². The van der Waals surface area contributed by atoms with Crippen LogP contribution in [-0.2, 0) is 4.79 Å². The molecule has 0 aliphatic carbocycles. The Morgan fingerprint density at radius 1 is 1.05 bits per heavy atom. The number of aliphatic imine (C=N–C) groups is 1. The van der Waals surface area contributed by atoms with Gasteiger partial charge in [0, 0.05) is 11.1 Å². The normalized spacial score (nSPS) is 17.5. The van der Waals surface area contributed by atoms with Gasteiger partial charge in [0.25, 0.3) is 0 Å². The van der Waals surface area contributed by atoms with E-state index >= 15 is 0 Å². The molecule has 1 N–H and O–H groups in total. The van der Waals surface area contributed by atoms with E-state index in [1.807, 2.05) is 38.1 Å². The number of carbonyl (C=O) groups is 1. The van der Waals surface area contributed by atoms with Gasteiger partial charge in [-0.05, 0) is 18.9 Å². The Hall–Kier alpha value is -2.42. The van der Waals surface area contributed by atoms with E-state index in [0.717, 1.165) is 22.5 Å². The molecule has 0 saturated carbocycles. The van der Waals surface area contributed by atoms with Crippen molar-refractivity contribution in [2.75, 3.05) is 5.32 Å². The molecular formula is C19H20N2O. The second-order valence-electron chi connectivity index (χ2n) is 6.07. The van der Waals surface area contributed by atoms with Crippen molar-refractivity contribution in [2.24, 2.45) is 10.9 Å². The number of amides is 1. The van der Waals surface area contributed by atoms with Crippen molar-refractivity contribution in [1.29, 1.82) is 0 Å². The first-order valence-corrected chi connectivity index (χ1v) is 7.61. The summed E-state index contributed by atoms with van der Waals surface area (Å²) in [5.41, 5.74) is 4.94. The number of hydrogen-bond donors (Lipinski definition) is 1. The lowest BCUT2D eigenvalue weighted by atomic mass is 9.99. The van der Waals surface area contributed by atoms with Gasteiger partial charge in [0.1, 0.15) is 6.04 Å². The van der Waals surface area contributed by atoms with Gasteiger partial charge in [-0.1, -0.05) is 61.9 Å². The minimum atomic E-state index is -0.372. The summed E-state index contributed by atoms with van der Waals surface area (Å²) in [5.74, 6) is 0.110. The van der Waals surface area contributed by atoms with Crippen LogP contribution in [0.3, 0.4) is 0 Å². The molecule has 0 fully saturated rings. The van der Waals surface area contributed by atoms with E-state index in [0.29, 0.717) is 0 Å². The van der Waals surface area contributed by atoms with Crippen LogP contribution in [0.2, 0.25) is 0 Å². The Balaban J connectivity index is 2.19. The summed E-state index contributed by atoms with van der Waals surface area (Å²) < 4.78 is 0. The minimum Gasteiger partial charge on any atom is -0.324 e. The van der Waals surface area contributed by atoms with Gasteiger partial charge in [-0.2, -0.15) is 0 Å². The van der Waals surface area contributed by atoms with Crippen LogP contribution < -0.4 is 5.32 Å². The molecule has 0 saturated heterocycles. The molecule has 1 aliphatic rings.